The number of aliphatic hydroxyl groups excluding tert-OH is 1. The van der Waals surface area contributed by atoms with Gasteiger partial charge in [-0.05, 0) is 36.7 Å². The van der Waals surface area contributed by atoms with Crippen molar-refractivity contribution in [1.29, 1.82) is 0 Å². The van der Waals surface area contributed by atoms with Crippen molar-refractivity contribution in [2.24, 2.45) is 17.3 Å². The first-order valence-electron chi connectivity index (χ1n) is 9.86. The number of fused-ring (bicyclic) bond motifs is 2. The molecule has 7 heteroatoms. The normalized spacial score (nSPS) is 57.4. The molecule has 6 aliphatic rings. The molecular formula is C20H24O7. The number of epoxide rings is 2. The molecule has 0 amide bonds. The van der Waals surface area contributed by atoms with Crippen LogP contribution in [-0.4, -0.2) is 63.7 Å². The molecule has 3 aliphatic heterocycles. The molecule has 146 valence electrons. The summed E-state index contributed by atoms with van der Waals surface area (Å²) < 4.78 is 17.5. The Kier molecular flexibility index (Phi) is 2.67. The van der Waals surface area contributed by atoms with Crippen LogP contribution < -0.4 is 0 Å². The summed E-state index contributed by atoms with van der Waals surface area (Å²) in [7, 11) is 0. The molecule has 27 heavy (non-hydrogen) atoms. The highest BCUT2D eigenvalue weighted by Gasteiger charge is 2.97. The minimum absolute atomic E-state index is 0.0172. The van der Waals surface area contributed by atoms with Crippen LogP contribution in [0, 0.1) is 17.3 Å². The summed E-state index contributed by atoms with van der Waals surface area (Å²) in [6, 6.07) is 0. The fourth-order valence-electron chi connectivity index (χ4n) is 7.03. The number of aliphatic hydroxyl groups is 2. The lowest BCUT2D eigenvalue weighted by Gasteiger charge is -2.54. The van der Waals surface area contributed by atoms with Crippen molar-refractivity contribution in [1.82, 2.24) is 0 Å². The molecule has 2 N–H and O–H groups in total. The summed E-state index contributed by atoms with van der Waals surface area (Å²) >= 11 is 0. The molecule has 0 aromatic heterocycles. The van der Waals surface area contributed by atoms with E-state index in [9.17, 15) is 19.8 Å². The van der Waals surface area contributed by atoms with Gasteiger partial charge in [-0.1, -0.05) is 20.8 Å². The SMILES string of the molecule is CC(C)[C@@]1(O)C(=O)[C@]23O[C@H]2C[C@H]2C4=C(CC[C@]2(C)[C@@]32O[C@H]2[C@H]1O)C(=O)OC4. The maximum atomic E-state index is 13.5. The van der Waals surface area contributed by atoms with Crippen LogP contribution in [-0.2, 0) is 23.8 Å². The third-order valence-corrected chi connectivity index (χ3v) is 8.63. The van der Waals surface area contributed by atoms with E-state index in [1.165, 1.54) is 0 Å². The van der Waals surface area contributed by atoms with E-state index in [1.807, 2.05) is 0 Å². The third kappa shape index (κ3) is 1.39. The van der Waals surface area contributed by atoms with E-state index < -0.39 is 46.1 Å². The van der Waals surface area contributed by atoms with E-state index in [4.69, 9.17) is 14.2 Å². The molecule has 3 heterocycles. The van der Waals surface area contributed by atoms with Gasteiger partial charge in [0.25, 0.3) is 0 Å². The predicted molar refractivity (Wildman–Crippen MR) is 89.4 cm³/mol. The van der Waals surface area contributed by atoms with Crippen LogP contribution in [0.5, 0.6) is 0 Å². The first-order chi connectivity index (χ1) is 12.7. The summed E-state index contributed by atoms with van der Waals surface area (Å²) in [4.78, 5) is 25.6. The molecule has 0 aromatic carbocycles. The highest BCUT2D eigenvalue weighted by atomic mass is 16.7. The number of ketones is 1. The van der Waals surface area contributed by atoms with E-state index >= 15 is 0 Å². The predicted octanol–water partition coefficient (Wildman–Crippen LogP) is 0.266. The van der Waals surface area contributed by atoms with Gasteiger partial charge in [-0.3, -0.25) is 4.79 Å². The summed E-state index contributed by atoms with van der Waals surface area (Å²) in [5.74, 6) is -1.10. The fourth-order valence-corrected chi connectivity index (χ4v) is 7.03. The van der Waals surface area contributed by atoms with Crippen LogP contribution in [0.2, 0.25) is 0 Å². The van der Waals surface area contributed by atoms with Crippen LogP contribution in [0.4, 0.5) is 0 Å². The Bertz CT molecular complexity index is 847. The van der Waals surface area contributed by atoms with Gasteiger partial charge in [0.15, 0.2) is 11.2 Å². The Morgan fingerprint density at radius 3 is 2.67 bits per heavy atom. The lowest BCUT2D eigenvalue weighted by molar-refractivity contribution is -0.178. The minimum Gasteiger partial charge on any atom is -0.458 e. The number of ether oxygens (including phenoxy) is 3. The van der Waals surface area contributed by atoms with Gasteiger partial charge >= 0.3 is 5.97 Å². The molecule has 8 atom stereocenters. The second kappa shape index (κ2) is 4.32. The van der Waals surface area contributed by atoms with E-state index in [2.05, 4.69) is 6.92 Å². The molecule has 7 nitrogen and oxygen atoms in total. The van der Waals surface area contributed by atoms with Crippen molar-refractivity contribution in [3.8, 4) is 0 Å². The average molecular weight is 376 g/mol. The number of carbonyl (C=O) groups is 2. The second-order valence-corrected chi connectivity index (χ2v) is 9.66. The molecule has 2 saturated heterocycles. The van der Waals surface area contributed by atoms with Crippen molar-refractivity contribution >= 4 is 11.8 Å². The van der Waals surface area contributed by atoms with Gasteiger partial charge in [-0.25, -0.2) is 4.79 Å². The number of carbonyl (C=O) groups excluding carboxylic acids is 2. The van der Waals surface area contributed by atoms with Gasteiger partial charge in [0, 0.05) is 11.0 Å². The highest BCUT2D eigenvalue weighted by molar-refractivity contribution is 6.02. The van der Waals surface area contributed by atoms with Crippen molar-refractivity contribution < 1.29 is 34.0 Å². The minimum atomic E-state index is -1.87. The fraction of sp³-hybridized carbons (Fsp3) is 0.800. The van der Waals surface area contributed by atoms with Gasteiger partial charge < -0.3 is 24.4 Å². The van der Waals surface area contributed by atoms with Crippen LogP contribution in [0.1, 0.15) is 40.0 Å². The Labute approximate surface area is 156 Å². The summed E-state index contributed by atoms with van der Waals surface area (Å²) in [6.07, 6.45) is -0.417. The van der Waals surface area contributed by atoms with Gasteiger partial charge in [0.2, 0.25) is 5.78 Å². The first-order valence-corrected chi connectivity index (χ1v) is 9.86. The molecule has 0 aromatic rings. The standard InChI is InChI=1S/C20H24O7/c1-8(2)18(24)13(21)14-20(27-14)17(3)5-4-9-10(7-25-15(9)22)11(17)6-12-19(20,26-12)16(18)23/h8,11-14,21,24H,4-7H2,1-3H3/t11-,12-,13+,14-,17-,18-,19+,20+/m0/s1. The number of cyclic esters (lactones) is 1. The quantitative estimate of drug-likeness (QED) is 0.499. The number of rotatable bonds is 1. The lowest BCUT2D eigenvalue weighted by Crippen LogP contribution is -2.74. The van der Waals surface area contributed by atoms with Gasteiger partial charge in [0.05, 0.1) is 6.10 Å². The maximum Gasteiger partial charge on any atom is 0.334 e. The van der Waals surface area contributed by atoms with Crippen molar-refractivity contribution in [3.05, 3.63) is 11.1 Å². The molecule has 2 saturated carbocycles. The second-order valence-electron chi connectivity index (χ2n) is 9.66. The molecule has 2 spiro atoms. The summed E-state index contributed by atoms with van der Waals surface area (Å²) in [5, 5.41) is 22.1. The van der Waals surface area contributed by atoms with Crippen LogP contribution in [0.3, 0.4) is 0 Å². The molecule has 3 aliphatic carbocycles. The topological polar surface area (TPSA) is 109 Å². The number of Topliss-reactive ketones (excluding diaryl/α,β-unsaturated/α-hetero) is 1. The zero-order valence-corrected chi connectivity index (χ0v) is 15.7. The molecule has 0 radical (unpaired) electrons. The number of esters is 1. The zero-order valence-electron chi connectivity index (χ0n) is 15.7. The lowest BCUT2D eigenvalue weighted by atomic mass is 9.46. The molecule has 6 rings (SSSR count). The Morgan fingerprint density at radius 1 is 1.22 bits per heavy atom. The number of hydrogen-bond donors (Lipinski definition) is 2. The van der Waals surface area contributed by atoms with Crippen molar-refractivity contribution in [3.63, 3.8) is 0 Å². The Balaban J connectivity index is 1.51. The van der Waals surface area contributed by atoms with E-state index in [-0.39, 0.29) is 18.0 Å². The molecular weight excluding hydrogens is 352 g/mol. The van der Waals surface area contributed by atoms with Gasteiger partial charge in [-0.15, -0.1) is 0 Å². The van der Waals surface area contributed by atoms with Gasteiger partial charge in [-0.2, -0.15) is 0 Å². The van der Waals surface area contributed by atoms with E-state index in [0.717, 1.165) is 11.1 Å². The Morgan fingerprint density at radius 2 is 1.96 bits per heavy atom. The van der Waals surface area contributed by atoms with E-state index in [1.54, 1.807) is 13.8 Å². The molecule has 4 fully saturated rings. The van der Waals surface area contributed by atoms with E-state index in [0.29, 0.717) is 25.9 Å². The van der Waals surface area contributed by atoms with Crippen molar-refractivity contribution in [2.75, 3.05) is 6.61 Å². The smallest absolute Gasteiger partial charge is 0.334 e. The van der Waals surface area contributed by atoms with Crippen LogP contribution >= 0.6 is 0 Å². The maximum absolute atomic E-state index is 13.5. The zero-order chi connectivity index (χ0) is 19.1. The van der Waals surface area contributed by atoms with Crippen LogP contribution in [0.25, 0.3) is 0 Å². The molecule has 0 bridgehead atoms. The summed E-state index contributed by atoms with van der Waals surface area (Å²) in [6.45, 7) is 5.85. The third-order valence-electron chi connectivity index (χ3n) is 8.63. The Hall–Kier alpha value is -1.28. The largest absolute Gasteiger partial charge is 0.458 e. The monoisotopic (exact) mass is 376 g/mol. The molecule has 0 unspecified atom stereocenters. The van der Waals surface area contributed by atoms with Crippen molar-refractivity contribution in [2.45, 2.75) is 75.1 Å². The highest BCUT2D eigenvalue weighted by Crippen LogP contribution is 2.78. The number of hydrogen-bond acceptors (Lipinski definition) is 7. The first kappa shape index (κ1) is 16.7. The van der Waals surface area contributed by atoms with Gasteiger partial charge in [0.1, 0.15) is 24.4 Å². The van der Waals surface area contributed by atoms with Crippen LogP contribution in [0.15, 0.2) is 11.1 Å². The average Bonchev–Trinajstić information content (AvgIpc) is 3.50. The summed E-state index contributed by atoms with van der Waals surface area (Å²) in [5.41, 5.74) is -2.66.